The molecule has 2 saturated heterocycles. The van der Waals surface area contributed by atoms with Crippen molar-refractivity contribution in [1.29, 1.82) is 0 Å². The SMILES string of the molecule is COc1ccc2c(OC3CC4C(=O)NC5(C(=O)NS(=O)(=O)C6(C)CC6)CC5C=CCCC(C)CC(C)C(NNC(=O)OC5CC6CC6C5)C(=O)N4C3)nc(N3CCOCC3)cc2c1. The summed E-state index contributed by atoms with van der Waals surface area (Å²) in [5.74, 6) is 0.489. The highest BCUT2D eigenvalue weighted by molar-refractivity contribution is 7.91. The van der Waals surface area contributed by atoms with Crippen molar-refractivity contribution in [1.82, 2.24) is 30.8 Å². The molecule has 1 aromatic carbocycles. The quantitative estimate of drug-likeness (QED) is 0.199. The van der Waals surface area contributed by atoms with Gasteiger partial charge in [-0.1, -0.05) is 26.0 Å². The zero-order valence-electron chi connectivity index (χ0n) is 36.6. The summed E-state index contributed by atoms with van der Waals surface area (Å²) in [6.07, 6.45) is 8.40. The number of fused-ring (bicyclic) bond motifs is 4. The van der Waals surface area contributed by atoms with Crippen molar-refractivity contribution in [3.05, 3.63) is 36.4 Å². The summed E-state index contributed by atoms with van der Waals surface area (Å²) < 4.78 is 51.6. The fraction of sp³-hybridized carbons (Fsp3) is 0.667. The van der Waals surface area contributed by atoms with Gasteiger partial charge in [-0.05, 0) is 118 Å². The molecule has 4 aliphatic carbocycles. The van der Waals surface area contributed by atoms with E-state index < -0.39 is 68.2 Å². The second-order valence-corrected chi connectivity index (χ2v) is 21.6. The van der Waals surface area contributed by atoms with Gasteiger partial charge in [0.1, 0.15) is 41.4 Å². The Morgan fingerprint density at radius 2 is 1.76 bits per heavy atom. The maximum absolute atomic E-state index is 15.1. The Bertz CT molecular complexity index is 2260. The largest absolute Gasteiger partial charge is 0.497 e. The summed E-state index contributed by atoms with van der Waals surface area (Å²) >= 11 is 0. The summed E-state index contributed by atoms with van der Waals surface area (Å²) in [6, 6.07) is 5.49. The van der Waals surface area contributed by atoms with Crippen molar-refractivity contribution in [3.8, 4) is 11.6 Å². The molecule has 3 aliphatic heterocycles. The van der Waals surface area contributed by atoms with E-state index in [-0.39, 0.29) is 37.3 Å². The molecule has 342 valence electrons. The Labute approximate surface area is 368 Å². The van der Waals surface area contributed by atoms with E-state index >= 15 is 4.79 Å². The van der Waals surface area contributed by atoms with Gasteiger partial charge in [0, 0.05) is 30.8 Å². The van der Waals surface area contributed by atoms with Crippen LogP contribution in [0, 0.1) is 29.6 Å². The molecule has 0 radical (unpaired) electrons. The predicted octanol–water partition coefficient (Wildman–Crippen LogP) is 3.71. The number of rotatable bonds is 10. The van der Waals surface area contributed by atoms with Crippen LogP contribution in [0.4, 0.5) is 10.6 Å². The van der Waals surface area contributed by atoms with Gasteiger partial charge in [-0.25, -0.2) is 18.6 Å². The third-order valence-electron chi connectivity index (χ3n) is 14.7. The van der Waals surface area contributed by atoms with Gasteiger partial charge in [0.25, 0.3) is 5.91 Å². The van der Waals surface area contributed by atoms with E-state index in [9.17, 15) is 22.8 Å². The number of morpholine rings is 1. The molecule has 9 atom stereocenters. The van der Waals surface area contributed by atoms with Gasteiger partial charge in [0.05, 0.1) is 31.6 Å². The molecule has 7 aliphatic rings. The zero-order chi connectivity index (χ0) is 44.3. The molecule has 9 unspecified atom stereocenters. The lowest BCUT2D eigenvalue weighted by Gasteiger charge is -2.33. The van der Waals surface area contributed by atoms with Crippen LogP contribution in [0.15, 0.2) is 36.4 Å². The molecule has 1 aromatic heterocycles. The highest BCUT2D eigenvalue weighted by Gasteiger charge is 2.63. The van der Waals surface area contributed by atoms with Crippen molar-refractivity contribution in [2.45, 2.75) is 120 Å². The molecule has 63 heavy (non-hydrogen) atoms. The summed E-state index contributed by atoms with van der Waals surface area (Å²) in [6.45, 7) is 8.02. The lowest BCUT2D eigenvalue weighted by atomic mass is 9.88. The molecule has 18 heteroatoms. The van der Waals surface area contributed by atoms with Crippen LogP contribution in [-0.4, -0.2) is 117 Å². The molecule has 4 heterocycles. The fourth-order valence-electron chi connectivity index (χ4n) is 10.2. The van der Waals surface area contributed by atoms with Crippen molar-refractivity contribution < 1.29 is 46.5 Å². The van der Waals surface area contributed by atoms with Gasteiger partial charge in [-0.2, -0.15) is 4.98 Å². The third kappa shape index (κ3) is 9.04. The van der Waals surface area contributed by atoms with Gasteiger partial charge in [-0.3, -0.25) is 24.5 Å². The number of anilines is 1. The molecule has 0 spiro atoms. The fourth-order valence-corrected chi connectivity index (χ4v) is 11.5. The van der Waals surface area contributed by atoms with E-state index in [0.717, 1.165) is 24.6 Å². The van der Waals surface area contributed by atoms with E-state index in [1.165, 1.54) is 11.3 Å². The first-order valence-corrected chi connectivity index (χ1v) is 24.2. The topological polar surface area (TPSA) is 207 Å². The first-order valence-electron chi connectivity index (χ1n) is 22.7. The predicted molar refractivity (Wildman–Crippen MR) is 232 cm³/mol. The maximum atomic E-state index is 15.1. The minimum atomic E-state index is -4.01. The lowest BCUT2D eigenvalue weighted by molar-refractivity contribution is -0.142. The van der Waals surface area contributed by atoms with Gasteiger partial charge in [0.2, 0.25) is 27.7 Å². The highest BCUT2D eigenvalue weighted by atomic mass is 32.2. The monoisotopic (exact) mass is 891 g/mol. The minimum absolute atomic E-state index is 0.0109. The van der Waals surface area contributed by atoms with Crippen LogP contribution in [-0.2, 0) is 33.9 Å². The Morgan fingerprint density at radius 3 is 2.49 bits per heavy atom. The standard InChI is InChI=1S/C45H61N7O10S/c1-26-7-5-6-8-31-24-45(31,42(55)50-63(57,58)44(3)11-12-44)47-39(53)36-23-34(61-40-35-10-9-32(59-4)21-30(35)22-37(46-40)51-13-15-60-16-14-51)25-52(36)41(54)38(27(2)17-26)48-49-43(56)62-33-19-28-18-29(28)20-33/h6,8-10,21-22,26-29,31,33-34,36,38,48H,5,7,11-20,23-25H2,1-4H3,(H,47,53)(H,49,56)(H,50,55). The molecule has 6 fully saturated rings. The molecular formula is C45H61N7O10S. The van der Waals surface area contributed by atoms with E-state index in [0.29, 0.717) is 86.7 Å². The summed E-state index contributed by atoms with van der Waals surface area (Å²) in [7, 11) is -2.41. The third-order valence-corrected chi connectivity index (χ3v) is 16.8. The lowest BCUT2D eigenvalue weighted by Crippen LogP contribution is -2.60. The summed E-state index contributed by atoms with van der Waals surface area (Å²) in [4.78, 5) is 65.7. The number of pyridine rings is 1. The number of nitrogens with one attached hydrogen (secondary N) is 4. The number of nitrogens with zero attached hydrogens (tertiary/aromatic N) is 3. The second kappa shape index (κ2) is 17.0. The van der Waals surface area contributed by atoms with Crippen LogP contribution in [0.2, 0.25) is 0 Å². The number of hydrazine groups is 1. The minimum Gasteiger partial charge on any atom is -0.497 e. The number of carbonyl (C=O) groups is 4. The van der Waals surface area contributed by atoms with Crippen LogP contribution in [0.25, 0.3) is 10.8 Å². The van der Waals surface area contributed by atoms with Crippen molar-refractivity contribution in [2.75, 3.05) is 44.9 Å². The average molecular weight is 892 g/mol. The molecule has 2 aromatic rings. The van der Waals surface area contributed by atoms with Crippen molar-refractivity contribution in [3.63, 3.8) is 0 Å². The smallest absolute Gasteiger partial charge is 0.421 e. The Hall–Kier alpha value is -4.68. The second-order valence-electron chi connectivity index (χ2n) is 19.4. The van der Waals surface area contributed by atoms with E-state index in [4.69, 9.17) is 23.9 Å². The molecule has 17 nitrogen and oxygen atoms in total. The highest BCUT2D eigenvalue weighted by Crippen LogP contribution is 2.52. The summed E-state index contributed by atoms with van der Waals surface area (Å²) in [5, 5.41) is 4.51. The van der Waals surface area contributed by atoms with Gasteiger partial charge < -0.3 is 34.1 Å². The molecule has 4 N–H and O–H groups in total. The van der Waals surface area contributed by atoms with Crippen molar-refractivity contribution >= 4 is 50.4 Å². The Morgan fingerprint density at radius 1 is 1.00 bits per heavy atom. The Balaban J connectivity index is 1.03. The van der Waals surface area contributed by atoms with Gasteiger partial charge in [-0.15, -0.1) is 0 Å². The number of sulfonamides is 1. The van der Waals surface area contributed by atoms with Gasteiger partial charge in [0.15, 0.2) is 0 Å². The van der Waals surface area contributed by atoms with Gasteiger partial charge >= 0.3 is 6.09 Å². The molecule has 0 bridgehead atoms. The molecule has 9 rings (SSSR count). The number of allylic oxidation sites excluding steroid dienone is 1. The van der Waals surface area contributed by atoms with Crippen molar-refractivity contribution in [2.24, 2.45) is 29.6 Å². The number of aromatic nitrogens is 1. The van der Waals surface area contributed by atoms with E-state index in [2.05, 4.69) is 32.7 Å². The number of benzene rings is 1. The molecule has 4 saturated carbocycles. The Kier molecular flexibility index (Phi) is 11.8. The van der Waals surface area contributed by atoms with Crippen LogP contribution in [0.5, 0.6) is 11.6 Å². The maximum Gasteiger partial charge on any atom is 0.421 e. The number of ether oxygens (including phenoxy) is 4. The number of amides is 4. The first kappa shape index (κ1) is 43.6. The van der Waals surface area contributed by atoms with Crippen LogP contribution in [0.3, 0.4) is 0 Å². The molecular weight excluding hydrogens is 831 g/mol. The average Bonchev–Trinajstić information content (AvgIpc) is 4.22. The van der Waals surface area contributed by atoms with Crippen LogP contribution >= 0.6 is 0 Å². The normalized spacial score (nSPS) is 33.7. The van der Waals surface area contributed by atoms with Crippen LogP contribution in [0.1, 0.15) is 85.0 Å². The van der Waals surface area contributed by atoms with Crippen LogP contribution < -0.4 is 35.3 Å². The number of hydrogen-bond acceptors (Lipinski definition) is 13. The molecule has 4 amide bonds. The zero-order valence-corrected chi connectivity index (χ0v) is 37.4. The van der Waals surface area contributed by atoms with E-state index in [1.54, 1.807) is 14.0 Å². The summed E-state index contributed by atoms with van der Waals surface area (Å²) in [5.41, 5.74) is 4.15. The first-order chi connectivity index (χ1) is 30.1. The van der Waals surface area contributed by atoms with E-state index in [1.807, 2.05) is 43.3 Å². The number of carbonyl (C=O) groups excluding carboxylic acids is 4. The number of methoxy groups -OCH3 is 1. The number of hydrogen-bond donors (Lipinski definition) is 4.